The number of carbonyl (C=O) groups is 1. The van der Waals surface area contributed by atoms with Crippen LogP contribution in [-0.4, -0.2) is 17.1 Å². The zero-order valence-electron chi connectivity index (χ0n) is 11.4. The monoisotopic (exact) mass is 300 g/mol. The molecule has 0 radical (unpaired) electrons. The van der Waals surface area contributed by atoms with Gasteiger partial charge in [-0.25, -0.2) is 0 Å². The first-order valence-corrected chi connectivity index (χ1v) is 6.37. The largest absolute Gasteiger partial charge is 0.481 e. The molecule has 21 heavy (non-hydrogen) atoms. The van der Waals surface area contributed by atoms with Gasteiger partial charge in [-0.05, 0) is 24.6 Å². The minimum Gasteiger partial charge on any atom is -0.481 e. The molecule has 0 aromatic heterocycles. The van der Waals surface area contributed by atoms with Gasteiger partial charge in [0.2, 0.25) is 0 Å². The predicted octanol–water partition coefficient (Wildman–Crippen LogP) is 3.63. The van der Waals surface area contributed by atoms with E-state index in [2.05, 4.69) is 5.32 Å². The molecule has 1 atom stereocenters. The molecule has 7 heteroatoms. The van der Waals surface area contributed by atoms with Crippen LogP contribution in [0.3, 0.4) is 0 Å². The molecule has 0 fully saturated rings. The summed E-state index contributed by atoms with van der Waals surface area (Å²) in [6.07, 6.45) is -3.43. The van der Waals surface area contributed by atoms with Crippen LogP contribution in [0.15, 0.2) is 18.2 Å². The molecule has 0 aliphatic carbocycles. The van der Waals surface area contributed by atoms with Crippen molar-refractivity contribution in [2.45, 2.75) is 38.4 Å². The van der Waals surface area contributed by atoms with Crippen molar-refractivity contribution in [3.63, 3.8) is 0 Å². The molecule has 0 saturated heterocycles. The second kappa shape index (κ2) is 6.97. The molecule has 1 unspecified atom stereocenters. The number of anilines is 1. The van der Waals surface area contributed by atoms with Crippen LogP contribution < -0.4 is 5.32 Å². The summed E-state index contributed by atoms with van der Waals surface area (Å²) in [7, 11) is 0. The van der Waals surface area contributed by atoms with Crippen LogP contribution in [0.2, 0.25) is 0 Å². The summed E-state index contributed by atoms with van der Waals surface area (Å²) < 4.78 is 37.8. The van der Waals surface area contributed by atoms with Gasteiger partial charge < -0.3 is 10.4 Å². The highest BCUT2D eigenvalue weighted by Crippen LogP contribution is 2.32. The maximum atomic E-state index is 12.6. The zero-order chi connectivity index (χ0) is 16.0. The third-order valence-electron chi connectivity index (χ3n) is 2.89. The third kappa shape index (κ3) is 4.99. The molecule has 0 spiro atoms. The van der Waals surface area contributed by atoms with E-state index in [0.717, 1.165) is 18.2 Å². The Bertz CT molecular complexity index is 550. The van der Waals surface area contributed by atoms with E-state index in [0.29, 0.717) is 12.8 Å². The number of nitrogens with one attached hydrogen (secondary N) is 1. The van der Waals surface area contributed by atoms with Crippen molar-refractivity contribution in [3.05, 3.63) is 29.3 Å². The number of benzene rings is 1. The summed E-state index contributed by atoms with van der Waals surface area (Å²) in [5.74, 6) is -1.01. The minimum atomic E-state index is -4.52. The number of nitriles is 1. The normalized spacial score (nSPS) is 12.5. The molecule has 0 amide bonds. The van der Waals surface area contributed by atoms with E-state index in [9.17, 15) is 18.0 Å². The number of carboxylic acid groups (broad SMARTS) is 1. The Kier molecular flexibility index (Phi) is 5.59. The van der Waals surface area contributed by atoms with E-state index in [-0.39, 0.29) is 17.7 Å². The molecule has 4 nitrogen and oxygen atoms in total. The van der Waals surface area contributed by atoms with Crippen LogP contribution in [-0.2, 0) is 11.0 Å². The Morgan fingerprint density at radius 3 is 2.62 bits per heavy atom. The predicted molar refractivity (Wildman–Crippen MR) is 70.7 cm³/mol. The maximum absolute atomic E-state index is 12.6. The van der Waals surface area contributed by atoms with Crippen molar-refractivity contribution < 1.29 is 23.1 Å². The van der Waals surface area contributed by atoms with Crippen LogP contribution in [0.1, 0.15) is 37.3 Å². The van der Waals surface area contributed by atoms with Crippen LogP contribution in [0.5, 0.6) is 0 Å². The van der Waals surface area contributed by atoms with Gasteiger partial charge in [0.15, 0.2) is 0 Å². The first-order valence-electron chi connectivity index (χ1n) is 6.37. The summed E-state index contributed by atoms with van der Waals surface area (Å²) in [5, 5.41) is 20.6. The molecule has 0 bridgehead atoms. The third-order valence-corrected chi connectivity index (χ3v) is 2.89. The molecule has 0 heterocycles. The Hall–Kier alpha value is -2.23. The first-order chi connectivity index (χ1) is 9.77. The Morgan fingerprint density at radius 1 is 1.48 bits per heavy atom. The Balaban J connectivity index is 3.02. The van der Waals surface area contributed by atoms with Crippen molar-refractivity contribution in [2.24, 2.45) is 0 Å². The van der Waals surface area contributed by atoms with E-state index in [4.69, 9.17) is 10.4 Å². The van der Waals surface area contributed by atoms with E-state index >= 15 is 0 Å². The van der Waals surface area contributed by atoms with E-state index < -0.39 is 23.8 Å². The maximum Gasteiger partial charge on any atom is 0.416 e. The summed E-state index contributed by atoms with van der Waals surface area (Å²) >= 11 is 0. The molecular formula is C14H15F3N2O2. The van der Waals surface area contributed by atoms with Gasteiger partial charge in [-0.1, -0.05) is 13.3 Å². The van der Waals surface area contributed by atoms with Gasteiger partial charge in [0.1, 0.15) is 6.07 Å². The van der Waals surface area contributed by atoms with E-state index in [1.54, 1.807) is 6.07 Å². The number of nitrogens with zero attached hydrogens (tertiary/aromatic N) is 1. The standard InChI is InChI=1S/C14H15F3N2O2/c1-2-3-11(7-13(20)21)19-12-5-4-10(14(15,16)17)6-9(12)8-18/h4-6,11,19H,2-3,7H2,1H3,(H,20,21). The molecule has 1 rings (SSSR count). The van der Waals surface area contributed by atoms with Crippen molar-refractivity contribution in [1.82, 2.24) is 0 Å². The topological polar surface area (TPSA) is 73.1 Å². The molecule has 1 aromatic carbocycles. The lowest BCUT2D eigenvalue weighted by Crippen LogP contribution is -2.23. The van der Waals surface area contributed by atoms with E-state index in [1.165, 1.54) is 0 Å². The van der Waals surface area contributed by atoms with Gasteiger partial charge in [0.05, 0.1) is 23.2 Å². The van der Waals surface area contributed by atoms with Crippen molar-refractivity contribution in [2.75, 3.05) is 5.32 Å². The summed E-state index contributed by atoms with van der Waals surface area (Å²) in [5.41, 5.74) is -0.851. The molecule has 114 valence electrons. The number of alkyl halides is 3. The number of rotatable bonds is 6. The quantitative estimate of drug-likeness (QED) is 0.841. The van der Waals surface area contributed by atoms with Crippen LogP contribution >= 0.6 is 0 Å². The number of hydrogen-bond donors (Lipinski definition) is 2. The van der Waals surface area contributed by atoms with Gasteiger partial charge in [-0.2, -0.15) is 18.4 Å². The van der Waals surface area contributed by atoms with Crippen LogP contribution in [0.4, 0.5) is 18.9 Å². The first kappa shape index (κ1) is 16.8. The summed E-state index contributed by atoms with van der Waals surface area (Å²) in [4.78, 5) is 10.8. The second-order valence-electron chi connectivity index (χ2n) is 4.60. The number of halogens is 3. The highest BCUT2D eigenvalue weighted by molar-refractivity contribution is 5.69. The fraction of sp³-hybridized carbons (Fsp3) is 0.429. The highest BCUT2D eigenvalue weighted by Gasteiger charge is 2.31. The molecule has 1 aromatic rings. The van der Waals surface area contributed by atoms with Gasteiger partial charge in [0.25, 0.3) is 0 Å². The van der Waals surface area contributed by atoms with Crippen molar-refractivity contribution in [3.8, 4) is 6.07 Å². The zero-order valence-corrected chi connectivity index (χ0v) is 11.4. The molecular weight excluding hydrogens is 285 g/mol. The fourth-order valence-corrected chi connectivity index (χ4v) is 1.94. The lowest BCUT2D eigenvalue weighted by Gasteiger charge is -2.19. The fourth-order valence-electron chi connectivity index (χ4n) is 1.94. The smallest absolute Gasteiger partial charge is 0.416 e. The van der Waals surface area contributed by atoms with Crippen LogP contribution in [0.25, 0.3) is 0 Å². The second-order valence-corrected chi connectivity index (χ2v) is 4.60. The van der Waals surface area contributed by atoms with Gasteiger partial charge in [-0.3, -0.25) is 4.79 Å². The SMILES string of the molecule is CCCC(CC(=O)O)Nc1ccc(C(F)(F)F)cc1C#N. The van der Waals surface area contributed by atoms with E-state index in [1.807, 2.05) is 6.92 Å². The molecule has 0 aliphatic rings. The average Bonchev–Trinajstić information content (AvgIpc) is 2.37. The lowest BCUT2D eigenvalue weighted by atomic mass is 10.0. The number of carboxylic acids is 1. The molecule has 0 saturated carbocycles. The number of aliphatic carboxylic acids is 1. The Labute approximate surface area is 120 Å². The van der Waals surface area contributed by atoms with Gasteiger partial charge >= 0.3 is 12.1 Å². The van der Waals surface area contributed by atoms with Gasteiger partial charge in [-0.15, -0.1) is 0 Å². The lowest BCUT2D eigenvalue weighted by molar-refractivity contribution is -0.138. The van der Waals surface area contributed by atoms with Crippen molar-refractivity contribution >= 4 is 11.7 Å². The average molecular weight is 300 g/mol. The highest BCUT2D eigenvalue weighted by atomic mass is 19.4. The molecule has 0 aliphatic heterocycles. The number of hydrogen-bond acceptors (Lipinski definition) is 3. The summed E-state index contributed by atoms with van der Waals surface area (Å²) in [6, 6.07) is 4.05. The van der Waals surface area contributed by atoms with Crippen LogP contribution in [0, 0.1) is 11.3 Å². The van der Waals surface area contributed by atoms with Gasteiger partial charge in [0, 0.05) is 6.04 Å². The Morgan fingerprint density at radius 2 is 2.14 bits per heavy atom. The van der Waals surface area contributed by atoms with Crippen molar-refractivity contribution in [1.29, 1.82) is 5.26 Å². The molecule has 2 N–H and O–H groups in total. The minimum absolute atomic E-state index is 0.156. The summed E-state index contributed by atoms with van der Waals surface area (Å²) in [6.45, 7) is 1.87.